The quantitative estimate of drug-likeness (QED) is 0.193. The van der Waals surface area contributed by atoms with Gasteiger partial charge in [-0.05, 0) is 91.7 Å². The van der Waals surface area contributed by atoms with Crippen molar-refractivity contribution in [2.45, 2.75) is 25.4 Å². The minimum Gasteiger partial charge on any atom is -0.229 e. The zero-order chi connectivity index (χ0) is 31.5. The molecular weight excluding hydrogens is 569 g/mol. The molecule has 0 aromatic heterocycles. The van der Waals surface area contributed by atoms with Crippen LogP contribution in [0.4, 0.5) is 5.69 Å². The Bertz CT molecular complexity index is 2320. The third kappa shape index (κ3) is 4.36. The first-order valence-corrected chi connectivity index (χ1v) is 16.5. The Hall–Kier alpha value is -5.73. The number of nitrogens with zero attached hydrogens (tertiary/aromatic N) is 1. The Morgan fingerprint density at radius 2 is 1.13 bits per heavy atom. The Morgan fingerprint density at radius 1 is 0.511 bits per heavy atom. The van der Waals surface area contributed by atoms with Gasteiger partial charge < -0.3 is 0 Å². The second-order valence-electron chi connectivity index (χ2n) is 13.2. The molecule has 47 heavy (non-hydrogen) atoms. The topological polar surface area (TPSA) is 15.0 Å². The second kappa shape index (κ2) is 10.7. The molecule has 1 atom stereocenters. The molecule has 7 aromatic carbocycles. The second-order valence-corrected chi connectivity index (χ2v) is 13.2. The van der Waals surface area contributed by atoms with Crippen molar-refractivity contribution >= 4 is 22.3 Å². The fraction of sp³-hybridized carbons (Fsp3) is 0.0889. The van der Waals surface area contributed by atoms with Gasteiger partial charge >= 0.3 is 0 Å². The lowest BCUT2D eigenvalue weighted by Gasteiger charge is -2.29. The van der Waals surface area contributed by atoms with E-state index < -0.39 is 0 Å². The maximum atomic E-state index is 3.74. The highest BCUT2D eigenvalue weighted by molar-refractivity contribution is 6.08. The highest BCUT2D eigenvalue weighted by Crippen LogP contribution is 2.55. The molecule has 7 aromatic rings. The average Bonchev–Trinajstić information content (AvgIpc) is 3.33. The SMILES string of the molecule is CC1(C)c2cc(-c3ccccc3)ccc2-c2c1cc1ccccc1c2-c1ccc([N+]2=C(c3ccccc3)NC2c2ccccc2)cc1. The van der Waals surface area contributed by atoms with E-state index in [2.05, 4.69) is 188 Å². The molecule has 0 fully saturated rings. The van der Waals surface area contributed by atoms with E-state index in [9.17, 15) is 0 Å². The molecule has 1 unspecified atom stereocenters. The molecule has 1 heterocycles. The van der Waals surface area contributed by atoms with Crippen molar-refractivity contribution in [3.63, 3.8) is 0 Å². The van der Waals surface area contributed by atoms with Gasteiger partial charge in [-0.1, -0.05) is 141 Å². The summed E-state index contributed by atoms with van der Waals surface area (Å²) in [4.78, 5) is 0. The van der Waals surface area contributed by atoms with Crippen molar-refractivity contribution in [3.8, 4) is 33.4 Å². The molecule has 0 saturated heterocycles. The van der Waals surface area contributed by atoms with Crippen LogP contribution in [0.15, 0.2) is 164 Å². The largest absolute Gasteiger partial charge is 0.289 e. The number of nitrogens with one attached hydrogen (secondary N) is 1. The van der Waals surface area contributed by atoms with Crippen LogP contribution >= 0.6 is 0 Å². The van der Waals surface area contributed by atoms with Gasteiger partial charge in [0.05, 0.1) is 5.56 Å². The highest BCUT2D eigenvalue weighted by atomic mass is 15.3. The van der Waals surface area contributed by atoms with Gasteiger partial charge in [0.25, 0.3) is 12.0 Å². The van der Waals surface area contributed by atoms with Crippen LogP contribution in [0.5, 0.6) is 0 Å². The van der Waals surface area contributed by atoms with E-state index in [1.54, 1.807) is 0 Å². The van der Waals surface area contributed by atoms with Crippen LogP contribution in [0.25, 0.3) is 44.2 Å². The van der Waals surface area contributed by atoms with Crippen LogP contribution in [-0.4, -0.2) is 10.4 Å². The van der Waals surface area contributed by atoms with Crippen LogP contribution in [0.2, 0.25) is 0 Å². The predicted molar refractivity (Wildman–Crippen MR) is 195 cm³/mol. The van der Waals surface area contributed by atoms with Crippen molar-refractivity contribution in [2.24, 2.45) is 0 Å². The summed E-state index contributed by atoms with van der Waals surface area (Å²) in [5, 5.41) is 6.32. The summed E-state index contributed by atoms with van der Waals surface area (Å²) in [6.07, 6.45) is 0.0746. The number of fused-ring (bicyclic) bond motifs is 4. The Morgan fingerprint density at radius 3 is 1.85 bits per heavy atom. The van der Waals surface area contributed by atoms with Gasteiger partial charge in [0, 0.05) is 11.0 Å². The van der Waals surface area contributed by atoms with Crippen molar-refractivity contribution in [2.75, 3.05) is 0 Å². The molecule has 2 heteroatoms. The lowest BCUT2D eigenvalue weighted by atomic mass is 9.80. The molecular formula is C45H35N2+. The minimum atomic E-state index is -0.125. The number of rotatable bonds is 5. The third-order valence-corrected chi connectivity index (χ3v) is 10.2. The van der Waals surface area contributed by atoms with Crippen molar-refractivity contribution < 1.29 is 4.58 Å². The van der Waals surface area contributed by atoms with Gasteiger partial charge in [-0.2, -0.15) is 4.58 Å². The summed E-state index contributed by atoms with van der Waals surface area (Å²) < 4.78 is 2.42. The summed E-state index contributed by atoms with van der Waals surface area (Å²) in [5.74, 6) is 1.13. The van der Waals surface area contributed by atoms with Gasteiger partial charge in [-0.25, -0.2) is 5.32 Å². The number of benzene rings is 7. The van der Waals surface area contributed by atoms with E-state index >= 15 is 0 Å². The maximum absolute atomic E-state index is 3.74. The monoisotopic (exact) mass is 603 g/mol. The summed E-state index contributed by atoms with van der Waals surface area (Å²) in [6, 6.07) is 59.7. The van der Waals surface area contributed by atoms with Crippen molar-refractivity contribution in [3.05, 3.63) is 186 Å². The molecule has 1 aliphatic carbocycles. The van der Waals surface area contributed by atoms with E-state index in [1.807, 2.05) is 0 Å². The van der Waals surface area contributed by atoms with Gasteiger partial charge in [0.1, 0.15) is 5.69 Å². The Balaban J connectivity index is 1.21. The highest BCUT2D eigenvalue weighted by Gasteiger charge is 2.41. The molecule has 224 valence electrons. The predicted octanol–water partition coefficient (Wildman–Crippen LogP) is 10.9. The number of hydrogen-bond acceptors (Lipinski definition) is 1. The van der Waals surface area contributed by atoms with Crippen LogP contribution in [0, 0.1) is 0 Å². The first-order valence-electron chi connectivity index (χ1n) is 16.5. The van der Waals surface area contributed by atoms with Crippen molar-refractivity contribution in [1.82, 2.24) is 5.32 Å². The van der Waals surface area contributed by atoms with E-state index in [0.29, 0.717) is 0 Å². The van der Waals surface area contributed by atoms with E-state index in [1.165, 1.54) is 72.1 Å². The zero-order valence-corrected chi connectivity index (χ0v) is 26.6. The molecule has 0 spiro atoms. The first-order chi connectivity index (χ1) is 23.1. The van der Waals surface area contributed by atoms with E-state index in [4.69, 9.17) is 0 Å². The molecule has 9 rings (SSSR count). The van der Waals surface area contributed by atoms with Crippen LogP contribution in [0.3, 0.4) is 0 Å². The Kier molecular flexibility index (Phi) is 6.26. The average molecular weight is 604 g/mol. The standard InChI is InChI=1S/C45H34N2/c1-45(2)39-28-34(30-14-6-3-7-15-30)24-27-38(39)42-40(45)29-35-20-12-13-21-37(35)41(42)31-22-25-36(26-23-31)47-43(32-16-8-4-9-17-32)46-44(47)33-18-10-5-11-19-33/h3-29,43H,1-2H3/p+1. The molecule has 1 N–H and O–H groups in total. The maximum Gasteiger partial charge on any atom is 0.289 e. The minimum absolute atomic E-state index is 0.0746. The number of hydrogen-bond donors (Lipinski definition) is 1. The lowest BCUT2D eigenvalue weighted by Crippen LogP contribution is -2.51. The molecule has 0 amide bonds. The van der Waals surface area contributed by atoms with Gasteiger partial charge in [-0.15, -0.1) is 0 Å². The third-order valence-electron chi connectivity index (χ3n) is 10.2. The molecule has 0 radical (unpaired) electrons. The van der Waals surface area contributed by atoms with Crippen molar-refractivity contribution in [1.29, 1.82) is 0 Å². The molecule has 2 aliphatic rings. The zero-order valence-electron chi connectivity index (χ0n) is 26.6. The van der Waals surface area contributed by atoms with Crippen LogP contribution in [-0.2, 0) is 5.41 Å². The van der Waals surface area contributed by atoms with E-state index in [-0.39, 0.29) is 11.6 Å². The molecule has 0 saturated carbocycles. The van der Waals surface area contributed by atoms with Crippen LogP contribution < -0.4 is 5.32 Å². The summed E-state index contributed by atoms with van der Waals surface area (Å²) in [5.41, 5.74) is 14.0. The Labute approximate surface area is 276 Å². The summed E-state index contributed by atoms with van der Waals surface area (Å²) >= 11 is 0. The molecule has 0 bridgehead atoms. The fourth-order valence-corrected chi connectivity index (χ4v) is 7.73. The van der Waals surface area contributed by atoms with Gasteiger partial charge in [0.15, 0.2) is 0 Å². The fourth-order valence-electron chi connectivity index (χ4n) is 7.73. The van der Waals surface area contributed by atoms with E-state index in [0.717, 1.165) is 5.84 Å². The van der Waals surface area contributed by atoms with Gasteiger partial charge in [0.2, 0.25) is 0 Å². The first kappa shape index (κ1) is 27.6. The normalized spacial score (nSPS) is 15.9. The summed E-state index contributed by atoms with van der Waals surface area (Å²) in [7, 11) is 0. The molecule has 1 aliphatic heterocycles. The van der Waals surface area contributed by atoms with Crippen LogP contribution in [0.1, 0.15) is 42.3 Å². The summed E-state index contributed by atoms with van der Waals surface area (Å²) in [6.45, 7) is 4.77. The molecule has 2 nitrogen and oxygen atoms in total. The lowest BCUT2D eigenvalue weighted by molar-refractivity contribution is -0.531. The van der Waals surface area contributed by atoms with Gasteiger partial charge in [-0.3, -0.25) is 0 Å². The number of amidine groups is 1. The smallest absolute Gasteiger partial charge is 0.229 e.